The first-order valence-corrected chi connectivity index (χ1v) is 4.08. The molecular weight excluding hydrogens is 154 g/mol. The van der Waals surface area contributed by atoms with E-state index >= 15 is 0 Å². The molecule has 70 valence electrons. The average Bonchev–Trinajstić information content (AvgIpc) is 1.98. The van der Waals surface area contributed by atoms with E-state index in [1.807, 2.05) is 11.9 Å². The minimum Gasteiger partial charge on any atom is -0.478 e. The molecule has 0 amide bonds. The van der Waals surface area contributed by atoms with E-state index in [9.17, 15) is 4.79 Å². The van der Waals surface area contributed by atoms with Gasteiger partial charge in [-0.05, 0) is 12.8 Å². The molecule has 3 heteroatoms. The number of aliphatic carboxylic acids is 1. The maximum Gasteiger partial charge on any atom is 0.329 e. The highest BCUT2D eigenvalue weighted by molar-refractivity contribution is 5.79. The molecule has 0 spiro atoms. The molecule has 0 saturated heterocycles. The van der Waals surface area contributed by atoms with Crippen molar-refractivity contribution in [2.75, 3.05) is 7.05 Å². The van der Waals surface area contributed by atoms with Crippen LogP contribution in [0.4, 0.5) is 0 Å². The molecule has 12 heavy (non-hydrogen) atoms. The first-order valence-electron chi connectivity index (χ1n) is 4.08. The van der Waals surface area contributed by atoms with Crippen LogP contribution in [0.1, 0.15) is 20.8 Å². The summed E-state index contributed by atoms with van der Waals surface area (Å²) in [4.78, 5) is 12.1. The summed E-state index contributed by atoms with van der Waals surface area (Å²) in [6.07, 6.45) is 2.74. The number of carbonyl (C=O) groups is 1. The van der Waals surface area contributed by atoms with Crippen LogP contribution >= 0.6 is 0 Å². The molecule has 0 fully saturated rings. The number of hydrogen-bond acceptors (Lipinski definition) is 2. The second-order valence-electron chi connectivity index (χ2n) is 3.30. The number of nitrogens with zero attached hydrogens (tertiary/aromatic N) is 1. The molecule has 0 rings (SSSR count). The number of rotatable bonds is 4. The summed E-state index contributed by atoms with van der Waals surface area (Å²) < 4.78 is 0. The zero-order chi connectivity index (χ0) is 9.72. The highest BCUT2D eigenvalue weighted by Crippen LogP contribution is 2.07. The van der Waals surface area contributed by atoms with Crippen molar-refractivity contribution >= 4 is 5.97 Å². The molecule has 0 aliphatic carbocycles. The largest absolute Gasteiger partial charge is 0.478 e. The fraction of sp³-hybridized carbons (Fsp3) is 0.667. The van der Waals surface area contributed by atoms with Gasteiger partial charge >= 0.3 is 5.97 Å². The first-order chi connectivity index (χ1) is 5.45. The summed E-state index contributed by atoms with van der Waals surface area (Å²) >= 11 is 0. The maximum atomic E-state index is 10.2. The summed E-state index contributed by atoms with van der Waals surface area (Å²) in [5.41, 5.74) is 0. The Morgan fingerprint density at radius 2 is 1.92 bits per heavy atom. The van der Waals surface area contributed by atoms with E-state index in [1.54, 1.807) is 6.20 Å². The fourth-order valence-corrected chi connectivity index (χ4v) is 0.787. The predicted octanol–water partition coefficient (Wildman–Crippen LogP) is 1.56. The van der Waals surface area contributed by atoms with Gasteiger partial charge in [0.2, 0.25) is 0 Å². The Hall–Kier alpha value is -0.990. The normalized spacial score (nSPS) is 13.8. The predicted molar refractivity (Wildman–Crippen MR) is 48.8 cm³/mol. The third-order valence-corrected chi connectivity index (χ3v) is 2.06. The van der Waals surface area contributed by atoms with Crippen molar-refractivity contribution in [3.63, 3.8) is 0 Å². The Bertz CT molecular complexity index is 175. The Kier molecular flexibility index (Phi) is 4.40. The van der Waals surface area contributed by atoms with Crippen molar-refractivity contribution in [1.82, 2.24) is 4.90 Å². The van der Waals surface area contributed by atoms with Crippen molar-refractivity contribution in [3.8, 4) is 0 Å². The molecule has 0 aromatic heterocycles. The molecule has 0 aliphatic heterocycles. The van der Waals surface area contributed by atoms with E-state index in [2.05, 4.69) is 20.8 Å². The summed E-state index contributed by atoms with van der Waals surface area (Å²) in [5, 5.41) is 8.37. The molecule has 0 aromatic carbocycles. The van der Waals surface area contributed by atoms with Crippen LogP contribution in [0.2, 0.25) is 0 Å². The monoisotopic (exact) mass is 171 g/mol. The van der Waals surface area contributed by atoms with Crippen molar-refractivity contribution < 1.29 is 9.90 Å². The Morgan fingerprint density at radius 3 is 2.25 bits per heavy atom. The lowest BCUT2D eigenvalue weighted by atomic mass is 10.1. The van der Waals surface area contributed by atoms with E-state index in [4.69, 9.17) is 5.11 Å². The van der Waals surface area contributed by atoms with Crippen LogP contribution in [0.3, 0.4) is 0 Å². The van der Waals surface area contributed by atoms with Gasteiger partial charge in [0.15, 0.2) is 0 Å². The van der Waals surface area contributed by atoms with Crippen molar-refractivity contribution in [2.24, 2.45) is 5.92 Å². The summed E-state index contributed by atoms with van der Waals surface area (Å²) in [5.74, 6) is -0.383. The summed E-state index contributed by atoms with van der Waals surface area (Å²) in [6, 6.07) is 0.362. The topological polar surface area (TPSA) is 40.5 Å². The van der Waals surface area contributed by atoms with Gasteiger partial charge in [-0.2, -0.15) is 0 Å². The first kappa shape index (κ1) is 11.0. The van der Waals surface area contributed by atoms with Gasteiger partial charge in [0, 0.05) is 25.4 Å². The molecule has 0 bridgehead atoms. The Morgan fingerprint density at radius 1 is 1.42 bits per heavy atom. The second-order valence-corrected chi connectivity index (χ2v) is 3.30. The number of carboxylic acids is 1. The highest BCUT2D eigenvalue weighted by Gasteiger charge is 2.09. The number of carboxylic acid groups (broad SMARTS) is 1. The van der Waals surface area contributed by atoms with Gasteiger partial charge in [-0.1, -0.05) is 13.8 Å². The highest BCUT2D eigenvalue weighted by atomic mass is 16.4. The third-order valence-electron chi connectivity index (χ3n) is 2.06. The molecule has 1 unspecified atom stereocenters. The zero-order valence-corrected chi connectivity index (χ0v) is 8.11. The molecule has 3 nitrogen and oxygen atoms in total. The Balaban J connectivity index is 4.03. The van der Waals surface area contributed by atoms with Gasteiger partial charge < -0.3 is 10.0 Å². The lowest BCUT2D eigenvalue weighted by Gasteiger charge is -2.26. The molecule has 0 heterocycles. The Labute approximate surface area is 73.7 Å². The van der Waals surface area contributed by atoms with E-state index < -0.39 is 5.97 Å². The smallest absolute Gasteiger partial charge is 0.329 e. The standard InChI is InChI=1S/C9H17NO2/c1-7(2)8(3)10(4)6-5-9(11)12/h5-8H,1-4H3,(H,11,12). The second kappa shape index (κ2) is 4.80. The van der Waals surface area contributed by atoms with Crippen LogP contribution < -0.4 is 0 Å². The van der Waals surface area contributed by atoms with E-state index in [0.29, 0.717) is 12.0 Å². The zero-order valence-electron chi connectivity index (χ0n) is 8.11. The van der Waals surface area contributed by atoms with Crippen molar-refractivity contribution in [1.29, 1.82) is 0 Å². The van der Waals surface area contributed by atoms with Crippen LogP contribution in [0, 0.1) is 5.92 Å². The lowest BCUT2D eigenvalue weighted by molar-refractivity contribution is -0.131. The van der Waals surface area contributed by atoms with Gasteiger partial charge in [-0.15, -0.1) is 0 Å². The van der Waals surface area contributed by atoms with E-state index in [-0.39, 0.29) is 0 Å². The average molecular weight is 171 g/mol. The minimum atomic E-state index is -0.905. The molecule has 0 aliphatic rings. The van der Waals surface area contributed by atoms with Crippen LogP contribution in [-0.4, -0.2) is 29.1 Å². The van der Waals surface area contributed by atoms with Gasteiger partial charge in [-0.25, -0.2) is 4.79 Å². The molecule has 0 aromatic rings. The van der Waals surface area contributed by atoms with Gasteiger partial charge in [-0.3, -0.25) is 0 Å². The molecule has 1 atom stereocenters. The summed E-state index contributed by atoms with van der Waals surface area (Å²) in [6.45, 7) is 6.28. The third kappa shape index (κ3) is 4.01. The van der Waals surface area contributed by atoms with Crippen molar-refractivity contribution in [2.45, 2.75) is 26.8 Å². The lowest BCUT2D eigenvalue weighted by Crippen LogP contribution is -2.28. The van der Waals surface area contributed by atoms with Crippen LogP contribution in [0.5, 0.6) is 0 Å². The molecule has 1 N–H and O–H groups in total. The SMILES string of the molecule is CC(C)C(C)N(C)C=CC(=O)O. The minimum absolute atomic E-state index is 0.362. The fourth-order valence-electron chi connectivity index (χ4n) is 0.787. The van der Waals surface area contributed by atoms with E-state index in [0.717, 1.165) is 6.08 Å². The van der Waals surface area contributed by atoms with Crippen LogP contribution in [0.15, 0.2) is 12.3 Å². The van der Waals surface area contributed by atoms with Gasteiger partial charge in [0.1, 0.15) is 0 Å². The maximum absolute atomic E-state index is 10.2. The summed E-state index contributed by atoms with van der Waals surface area (Å²) in [7, 11) is 1.88. The van der Waals surface area contributed by atoms with Gasteiger partial charge in [0.05, 0.1) is 0 Å². The molecular formula is C9H17NO2. The van der Waals surface area contributed by atoms with Crippen LogP contribution in [-0.2, 0) is 4.79 Å². The van der Waals surface area contributed by atoms with E-state index in [1.165, 1.54) is 0 Å². The van der Waals surface area contributed by atoms with Crippen molar-refractivity contribution in [3.05, 3.63) is 12.3 Å². The molecule has 0 saturated carbocycles. The van der Waals surface area contributed by atoms with Crippen LogP contribution in [0.25, 0.3) is 0 Å². The van der Waals surface area contributed by atoms with Gasteiger partial charge in [0.25, 0.3) is 0 Å². The number of hydrogen-bond donors (Lipinski definition) is 1. The molecule has 0 radical (unpaired) electrons. The quantitative estimate of drug-likeness (QED) is 0.652.